The highest BCUT2D eigenvalue weighted by Crippen LogP contribution is 2.49. The van der Waals surface area contributed by atoms with Crippen molar-refractivity contribution in [2.75, 3.05) is 11.9 Å². The molecule has 0 spiro atoms. The second-order valence-corrected chi connectivity index (χ2v) is 9.21. The predicted molar refractivity (Wildman–Crippen MR) is 120 cm³/mol. The molecule has 3 unspecified atom stereocenters. The summed E-state index contributed by atoms with van der Waals surface area (Å²) >= 11 is 0. The fourth-order valence-corrected chi connectivity index (χ4v) is 6.10. The molecule has 5 rings (SSSR count). The van der Waals surface area contributed by atoms with Crippen molar-refractivity contribution >= 4 is 11.8 Å². The molecule has 1 aliphatic carbocycles. The number of hydrogen-bond donors (Lipinski definition) is 1. The number of carbonyl (C=O) groups is 1. The van der Waals surface area contributed by atoms with Gasteiger partial charge in [-0.15, -0.1) is 0 Å². The third-order valence-electron chi connectivity index (χ3n) is 7.45. The molecular weight excluding hydrogens is 386 g/mol. The van der Waals surface area contributed by atoms with Crippen molar-refractivity contribution in [1.29, 1.82) is 5.26 Å². The lowest BCUT2D eigenvalue weighted by atomic mass is 9.79. The Morgan fingerprint density at radius 1 is 1.10 bits per heavy atom. The molecule has 5 heteroatoms. The maximum atomic E-state index is 12.6. The molecular formula is C26H29N3O2. The SMILES string of the molecule is N#Cc1ccc(NC(=O)OC2CC3CC2[C@H]2CCCCN2[C@H]3Cc2ccccc2)cc1. The van der Waals surface area contributed by atoms with E-state index in [1.54, 1.807) is 24.3 Å². The molecule has 31 heavy (non-hydrogen) atoms. The van der Waals surface area contributed by atoms with Gasteiger partial charge in [-0.2, -0.15) is 5.26 Å². The van der Waals surface area contributed by atoms with Crippen molar-refractivity contribution < 1.29 is 9.53 Å². The molecule has 2 heterocycles. The maximum absolute atomic E-state index is 12.6. The van der Waals surface area contributed by atoms with E-state index in [1.807, 2.05) is 0 Å². The first kappa shape index (κ1) is 20.1. The largest absolute Gasteiger partial charge is 0.446 e. The van der Waals surface area contributed by atoms with Crippen LogP contribution in [0, 0.1) is 23.2 Å². The zero-order chi connectivity index (χ0) is 21.2. The average Bonchev–Trinajstić information content (AvgIpc) is 3.17. The van der Waals surface area contributed by atoms with Gasteiger partial charge in [0.2, 0.25) is 0 Å². The van der Waals surface area contributed by atoms with Gasteiger partial charge >= 0.3 is 6.09 Å². The summed E-state index contributed by atoms with van der Waals surface area (Å²) in [4.78, 5) is 15.4. The Morgan fingerprint density at radius 2 is 1.90 bits per heavy atom. The molecule has 160 valence electrons. The summed E-state index contributed by atoms with van der Waals surface area (Å²) in [5, 5.41) is 11.8. The Kier molecular flexibility index (Phi) is 5.65. The van der Waals surface area contributed by atoms with Crippen LogP contribution in [-0.4, -0.2) is 35.7 Å². The van der Waals surface area contributed by atoms with Gasteiger partial charge in [0, 0.05) is 23.7 Å². The van der Waals surface area contributed by atoms with E-state index in [0.29, 0.717) is 35.2 Å². The first-order chi connectivity index (χ1) is 15.2. The van der Waals surface area contributed by atoms with Gasteiger partial charge in [-0.05, 0) is 74.4 Å². The van der Waals surface area contributed by atoms with Crippen molar-refractivity contribution in [2.24, 2.45) is 11.8 Å². The van der Waals surface area contributed by atoms with Gasteiger partial charge in [-0.25, -0.2) is 4.79 Å². The Hall–Kier alpha value is -2.84. The minimum atomic E-state index is -0.385. The summed E-state index contributed by atoms with van der Waals surface area (Å²) in [5.41, 5.74) is 2.63. The maximum Gasteiger partial charge on any atom is 0.411 e. The fourth-order valence-electron chi connectivity index (χ4n) is 6.10. The molecule has 5 atom stereocenters. The Labute approximate surface area is 184 Å². The number of anilines is 1. The first-order valence-corrected chi connectivity index (χ1v) is 11.5. The molecule has 5 nitrogen and oxygen atoms in total. The van der Waals surface area contributed by atoms with E-state index in [2.05, 4.69) is 46.6 Å². The monoisotopic (exact) mass is 415 g/mol. The fraction of sp³-hybridized carbons (Fsp3) is 0.462. The highest BCUT2D eigenvalue weighted by atomic mass is 16.6. The third kappa shape index (κ3) is 4.18. The van der Waals surface area contributed by atoms with Gasteiger partial charge in [-0.1, -0.05) is 36.8 Å². The lowest BCUT2D eigenvalue weighted by Gasteiger charge is -2.49. The number of benzene rings is 2. The number of amides is 1. The molecule has 1 amide bonds. The van der Waals surface area contributed by atoms with Gasteiger partial charge in [0.05, 0.1) is 11.6 Å². The molecule has 1 N–H and O–H groups in total. The van der Waals surface area contributed by atoms with Gasteiger partial charge in [-0.3, -0.25) is 10.2 Å². The number of ether oxygens (including phenoxy) is 1. The van der Waals surface area contributed by atoms with Crippen LogP contribution in [0.2, 0.25) is 0 Å². The van der Waals surface area contributed by atoms with Crippen LogP contribution in [0.3, 0.4) is 0 Å². The van der Waals surface area contributed by atoms with Crippen LogP contribution < -0.4 is 5.32 Å². The normalized spacial score (nSPS) is 29.6. The van der Waals surface area contributed by atoms with E-state index in [0.717, 1.165) is 19.3 Å². The molecule has 3 aliphatic rings. The molecule has 3 fully saturated rings. The van der Waals surface area contributed by atoms with Crippen LogP contribution in [0.5, 0.6) is 0 Å². The van der Waals surface area contributed by atoms with E-state index in [4.69, 9.17) is 10.00 Å². The molecule has 1 saturated carbocycles. The predicted octanol–water partition coefficient (Wildman–Crippen LogP) is 4.98. The second-order valence-electron chi connectivity index (χ2n) is 9.21. The van der Waals surface area contributed by atoms with Crippen molar-refractivity contribution in [1.82, 2.24) is 4.90 Å². The zero-order valence-electron chi connectivity index (χ0n) is 17.7. The van der Waals surface area contributed by atoms with E-state index >= 15 is 0 Å². The van der Waals surface area contributed by atoms with Gasteiger partial charge < -0.3 is 4.74 Å². The number of carbonyl (C=O) groups excluding carboxylic acids is 1. The van der Waals surface area contributed by atoms with Gasteiger partial charge in [0.1, 0.15) is 6.10 Å². The number of nitrogens with zero attached hydrogens (tertiary/aromatic N) is 2. The number of hydrogen-bond acceptors (Lipinski definition) is 4. The average molecular weight is 416 g/mol. The van der Waals surface area contributed by atoms with E-state index in [1.165, 1.54) is 31.4 Å². The minimum Gasteiger partial charge on any atom is -0.446 e. The summed E-state index contributed by atoms with van der Waals surface area (Å²) < 4.78 is 5.99. The molecule has 2 aliphatic heterocycles. The van der Waals surface area contributed by atoms with E-state index < -0.39 is 0 Å². The first-order valence-electron chi connectivity index (χ1n) is 11.5. The Bertz CT molecular complexity index is 953. The van der Waals surface area contributed by atoms with Crippen molar-refractivity contribution in [3.05, 3.63) is 65.7 Å². The number of piperidine rings is 2. The second kappa shape index (κ2) is 8.72. The van der Waals surface area contributed by atoms with E-state index in [9.17, 15) is 4.79 Å². The lowest BCUT2D eigenvalue weighted by Crippen LogP contribution is -2.55. The molecule has 2 bridgehead atoms. The standard InChI is InChI=1S/C26H29N3O2/c27-17-19-9-11-21(12-10-19)28-26(30)31-25-16-20-15-22(25)23-8-4-5-13-29(23)24(20)14-18-6-2-1-3-7-18/h1-3,6-7,9-12,20,22-25H,4-5,8,13-16H2,(H,28,30)/t20?,22?,23-,24+,25?/m1/s1. The Balaban J connectivity index is 1.28. The minimum absolute atomic E-state index is 0.0187. The third-order valence-corrected chi connectivity index (χ3v) is 7.45. The van der Waals surface area contributed by atoms with Crippen LogP contribution in [-0.2, 0) is 11.2 Å². The number of nitriles is 1. The lowest BCUT2D eigenvalue weighted by molar-refractivity contribution is -0.0144. The Morgan fingerprint density at radius 3 is 2.68 bits per heavy atom. The van der Waals surface area contributed by atoms with Crippen molar-refractivity contribution in [2.45, 2.75) is 56.7 Å². The molecule has 2 aromatic rings. The summed E-state index contributed by atoms with van der Waals surface area (Å²) in [6, 6.07) is 20.8. The summed E-state index contributed by atoms with van der Waals surface area (Å²) in [6.07, 6.45) is 6.54. The number of fused-ring (bicyclic) bond motifs is 4. The van der Waals surface area contributed by atoms with E-state index in [-0.39, 0.29) is 12.2 Å². The van der Waals surface area contributed by atoms with Gasteiger partial charge in [0.25, 0.3) is 0 Å². The quantitative estimate of drug-likeness (QED) is 0.765. The van der Waals surface area contributed by atoms with Crippen molar-refractivity contribution in [3.8, 4) is 6.07 Å². The number of rotatable bonds is 4. The summed E-state index contributed by atoms with van der Waals surface area (Å²) in [7, 11) is 0. The van der Waals surface area contributed by atoms with Crippen LogP contribution >= 0.6 is 0 Å². The molecule has 0 radical (unpaired) electrons. The van der Waals surface area contributed by atoms with Crippen LogP contribution in [0.15, 0.2) is 54.6 Å². The van der Waals surface area contributed by atoms with Crippen LogP contribution in [0.1, 0.15) is 43.2 Å². The highest BCUT2D eigenvalue weighted by molar-refractivity contribution is 5.84. The molecule has 2 saturated heterocycles. The topological polar surface area (TPSA) is 65.4 Å². The summed E-state index contributed by atoms with van der Waals surface area (Å²) in [5.74, 6) is 1.01. The van der Waals surface area contributed by atoms with Crippen molar-refractivity contribution in [3.63, 3.8) is 0 Å². The number of nitrogens with one attached hydrogen (secondary N) is 1. The molecule has 0 aromatic heterocycles. The highest BCUT2D eigenvalue weighted by Gasteiger charge is 2.52. The zero-order valence-corrected chi connectivity index (χ0v) is 17.7. The van der Waals surface area contributed by atoms with Crippen LogP contribution in [0.4, 0.5) is 10.5 Å². The van der Waals surface area contributed by atoms with Gasteiger partial charge in [0.15, 0.2) is 0 Å². The smallest absolute Gasteiger partial charge is 0.411 e. The summed E-state index contributed by atoms with van der Waals surface area (Å²) in [6.45, 7) is 1.17. The molecule has 2 aromatic carbocycles. The van der Waals surface area contributed by atoms with Crippen LogP contribution in [0.25, 0.3) is 0 Å².